The van der Waals surface area contributed by atoms with Crippen LogP contribution in [0.3, 0.4) is 0 Å². The summed E-state index contributed by atoms with van der Waals surface area (Å²) >= 11 is 1.17. The number of hydrogen-bond donors (Lipinski definition) is 2. The summed E-state index contributed by atoms with van der Waals surface area (Å²) in [6, 6.07) is 11.1. The first-order valence-electron chi connectivity index (χ1n) is 8.99. The van der Waals surface area contributed by atoms with E-state index in [0.29, 0.717) is 24.3 Å². The molecular formula is C19H25N3O3S2. The molecular weight excluding hydrogens is 382 g/mol. The smallest absolute Gasteiger partial charge is 0.271 e. The fourth-order valence-electron chi connectivity index (χ4n) is 2.81. The van der Waals surface area contributed by atoms with Crippen LogP contribution >= 0.6 is 11.3 Å². The van der Waals surface area contributed by atoms with Gasteiger partial charge in [0.05, 0.1) is 6.42 Å². The van der Waals surface area contributed by atoms with E-state index >= 15 is 0 Å². The van der Waals surface area contributed by atoms with Crippen LogP contribution in [0.25, 0.3) is 0 Å². The van der Waals surface area contributed by atoms with E-state index in [1.807, 2.05) is 0 Å². The molecule has 2 aromatic rings. The highest BCUT2D eigenvalue weighted by Crippen LogP contribution is 2.26. The topological polar surface area (TPSA) is 78.5 Å². The van der Waals surface area contributed by atoms with E-state index in [1.54, 1.807) is 41.8 Å². The Bertz CT molecular complexity index is 860. The molecule has 1 amide bonds. The number of carbonyl (C=O) groups is 1. The third-order valence-corrected chi connectivity index (χ3v) is 7.52. The van der Waals surface area contributed by atoms with Crippen LogP contribution in [-0.4, -0.2) is 44.9 Å². The Kier molecular flexibility index (Phi) is 6.18. The molecule has 0 aliphatic heterocycles. The number of nitrogens with one attached hydrogen (secondary N) is 2. The van der Waals surface area contributed by atoms with Crippen LogP contribution in [0, 0.1) is 0 Å². The average molecular weight is 408 g/mol. The van der Waals surface area contributed by atoms with E-state index in [2.05, 4.69) is 28.9 Å². The molecule has 1 aromatic carbocycles. The minimum atomic E-state index is -3.55. The molecule has 3 rings (SSSR count). The molecule has 8 heteroatoms. The fraction of sp³-hybridized carbons (Fsp3) is 0.421. The molecule has 0 bridgehead atoms. The van der Waals surface area contributed by atoms with Crippen LogP contribution in [0.2, 0.25) is 0 Å². The highest BCUT2D eigenvalue weighted by atomic mass is 32.2. The number of amides is 1. The molecule has 1 aliphatic carbocycles. The van der Waals surface area contributed by atoms with E-state index in [1.165, 1.54) is 24.2 Å². The SMILES string of the molecule is CC(CNC(=O)Cc1ccc(NS(=O)(=O)c2cccs2)cc1)N(C)C1CC1. The highest BCUT2D eigenvalue weighted by Gasteiger charge is 2.29. The normalized spacial score (nSPS) is 15.5. The van der Waals surface area contributed by atoms with Crippen LogP contribution in [0.5, 0.6) is 0 Å². The minimum absolute atomic E-state index is 0.0297. The van der Waals surface area contributed by atoms with Gasteiger partial charge in [0.1, 0.15) is 4.21 Å². The molecule has 1 saturated carbocycles. The molecule has 1 aromatic heterocycles. The molecule has 2 N–H and O–H groups in total. The molecule has 1 atom stereocenters. The fourth-order valence-corrected chi connectivity index (χ4v) is 4.86. The van der Waals surface area contributed by atoms with Gasteiger partial charge in [-0.3, -0.25) is 14.4 Å². The van der Waals surface area contributed by atoms with Crippen LogP contribution < -0.4 is 10.0 Å². The molecule has 146 valence electrons. The second kappa shape index (κ2) is 8.41. The lowest BCUT2D eigenvalue weighted by Gasteiger charge is -2.24. The van der Waals surface area contributed by atoms with Gasteiger partial charge in [0.2, 0.25) is 5.91 Å². The third kappa shape index (κ3) is 5.54. The lowest BCUT2D eigenvalue weighted by molar-refractivity contribution is -0.120. The molecule has 0 saturated heterocycles. The van der Waals surface area contributed by atoms with Gasteiger partial charge in [0.15, 0.2) is 0 Å². The lowest BCUT2D eigenvalue weighted by atomic mass is 10.1. The van der Waals surface area contributed by atoms with Crippen molar-refractivity contribution >= 4 is 33.0 Å². The van der Waals surface area contributed by atoms with Gasteiger partial charge in [-0.1, -0.05) is 18.2 Å². The number of carbonyl (C=O) groups excluding carboxylic acids is 1. The summed E-state index contributed by atoms with van der Waals surface area (Å²) in [5.74, 6) is -0.0297. The largest absolute Gasteiger partial charge is 0.354 e. The van der Waals surface area contributed by atoms with Gasteiger partial charge >= 0.3 is 0 Å². The summed E-state index contributed by atoms with van der Waals surface area (Å²) in [5.41, 5.74) is 1.32. The van der Waals surface area contributed by atoms with Crippen molar-refractivity contribution in [2.45, 2.75) is 42.5 Å². The minimum Gasteiger partial charge on any atom is -0.354 e. The number of benzene rings is 1. The maximum Gasteiger partial charge on any atom is 0.271 e. The Labute approximate surface area is 164 Å². The number of rotatable bonds is 9. The zero-order valence-electron chi connectivity index (χ0n) is 15.5. The number of anilines is 1. The summed E-state index contributed by atoms with van der Waals surface area (Å²) in [5, 5.41) is 4.70. The highest BCUT2D eigenvalue weighted by molar-refractivity contribution is 7.94. The van der Waals surface area contributed by atoms with Crippen molar-refractivity contribution in [3.8, 4) is 0 Å². The number of likely N-dealkylation sites (N-methyl/N-ethyl adjacent to an activating group) is 1. The zero-order chi connectivity index (χ0) is 19.4. The molecule has 1 unspecified atom stereocenters. The summed E-state index contributed by atoms with van der Waals surface area (Å²) in [6.07, 6.45) is 2.77. The first-order valence-corrected chi connectivity index (χ1v) is 11.4. The first-order chi connectivity index (χ1) is 12.8. The molecule has 6 nitrogen and oxygen atoms in total. The van der Waals surface area contributed by atoms with Crippen molar-refractivity contribution < 1.29 is 13.2 Å². The molecule has 1 fully saturated rings. The van der Waals surface area contributed by atoms with Crippen LogP contribution in [0.15, 0.2) is 46.0 Å². The Morgan fingerprint density at radius 2 is 1.96 bits per heavy atom. The van der Waals surface area contributed by atoms with Crippen molar-refractivity contribution in [3.63, 3.8) is 0 Å². The van der Waals surface area contributed by atoms with Gasteiger partial charge in [-0.2, -0.15) is 0 Å². The number of sulfonamides is 1. The maximum atomic E-state index is 12.2. The second-order valence-corrected chi connectivity index (χ2v) is 9.82. The molecule has 0 radical (unpaired) electrons. The Balaban J connectivity index is 1.49. The van der Waals surface area contributed by atoms with E-state index < -0.39 is 10.0 Å². The Morgan fingerprint density at radius 1 is 1.26 bits per heavy atom. The van der Waals surface area contributed by atoms with E-state index in [0.717, 1.165) is 5.56 Å². The second-order valence-electron chi connectivity index (χ2n) is 6.96. The molecule has 1 aliphatic rings. The predicted octanol–water partition coefficient (Wildman–Crippen LogP) is 2.69. The van der Waals surface area contributed by atoms with Crippen LogP contribution in [0.1, 0.15) is 25.3 Å². The Morgan fingerprint density at radius 3 is 2.56 bits per heavy atom. The first kappa shape index (κ1) is 19.9. The predicted molar refractivity (Wildman–Crippen MR) is 109 cm³/mol. The van der Waals surface area contributed by atoms with E-state index in [4.69, 9.17) is 0 Å². The maximum absolute atomic E-state index is 12.2. The van der Waals surface area contributed by atoms with Gasteiger partial charge in [-0.25, -0.2) is 8.42 Å². The standard InChI is InChI=1S/C19H25N3O3S2/c1-14(22(2)17-9-10-17)13-20-18(23)12-15-5-7-16(8-6-15)21-27(24,25)19-4-3-11-26-19/h3-8,11,14,17,21H,9-10,12-13H2,1-2H3,(H,20,23). The van der Waals surface area contributed by atoms with Crippen molar-refractivity contribution in [2.75, 3.05) is 18.3 Å². The molecule has 1 heterocycles. The monoisotopic (exact) mass is 407 g/mol. The summed E-state index contributed by atoms with van der Waals surface area (Å²) < 4.78 is 27.2. The summed E-state index contributed by atoms with van der Waals surface area (Å²) in [7, 11) is -1.45. The van der Waals surface area contributed by atoms with Gasteiger partial charge < -0.3 is 5.32 Å². The lowest BCUT2D eigenvalue weighted by Crippen LogP contribution is -2.41. The Hall–Kier alpha value is -1.90. The quantitative estimate of drug-likeness (QED) is 0.670. The van der Waals surface area contributed by atoms with Crippen LogP contribution in [-0.2, 0) is 21.2 Å². The van der Waals surface area contributed by atoms with Gasteiger partial charge in [0, 0.05) is 24.3 Å². The van der Waals surface area contributed by atoms with Crippen LogP contribution in [0.4, 0.5) is 5.69 Å². The van der Waals surface area contributed by atoms with E-state index in [-0.39, 0.29) is 16.5 Å². The third-order valence-electron chi connectivity index (χ3n) is 4.74. The van der Waals surface area contributed by atoms with Crippen molar-refractivity contribution in [1.29, 1.82) is 0 Å². The summed E-state index contributed by atoms with van der Waals surface area (Å²) in [6.45, 7) is 2.75. The van der Waals surface area contributed by atoms with Crippen molar-refractivity contribution in [1.82, 2.24) is 10.2 Å². The molecule has 27 heavy (non-hydrogen) atoms. The van der Waals surface area contributed by atoms with E-state index in [9.17, 15) is 13.2 Å². The van der Waals surface area contributed by atoms with Gasteiger partial charge in [-0.15, -0.1) is 11.3 Å². The average Bonchev–Trinajstić information content (AvgIpc) is 3.33. The number of hydrogen-bond acceptors (Lipinski definition) is 5. The summed E-state index contributed by atoms with van der Waals surface area (Å²) in [4.78, 5) is 14.5. The number of nitrogens with zero attached hydrogens (tertiary/aromatic N) is 1. The van der Waals surface area contributed by atoms with Gasteiger partial charge in [0.25, 0.3) is 10.0 Å². The molecule has 0 spiro atoms. The van der Waals surface area contributed by atoms with Crippen molar-refractivity contribution in [2.24, 2.45) is 0 Å². The van der Waals surface area contributed by atoms with Gasteiger partial charge in [-0.05, 0) is 56.0 Å². The zero-order valence-corrected chi connectivity index (χ0v) is 17.1. The number of thiophene rings is 1. The van der Waals surface area contributed by atoms with Crippen molar-refractivity contribution in [3.05, 3.63) is 47.3 Å².